The van der Waals surface area contributed by atoms with Crippen LogP contribution in [0, 0.1) is 11.3 Å². The summed E-state index contributed by atoms with van der Waals surface area (Å²) in [6.07, 6.45) is 3.97. The van der Waals surface area contributed by atoms with Crippen molar-refractivity contribution in [2.75, 3.05) is 13.2 Å². The van der Waals surface area contributed by atoms with Gasteiger partial charge in [-0.1, -0.05) is 0 Å². The number of nitriles is 1. The van der Waals surface area contributed by atoms with Gasteiger partial charge in [-0.3, -0.25) is 0 Å². The maximum atomic E-state index is 8.69. The fraction of sp³-hybridized carbons (Fsp3) is 0.583. The third-order valence-corrected chi connectivity index (χ3v) is 3.73. The van der Waals surface area contributed by atoms with Crippen molar-refractivity contribution in [1.82, 2.24) is 5.32 Å². The van der Waals surface area contributed by atoms with Crippen molar-refractivity contribution < 1.29 is 4.74 Å². The molecule has 1 aromatic heterocycles. The number of hydrogen-bond acceptors (Lipinski definition) is 4. The van der Waals surface area contributed by atoms with E-state index in [0.717, 1.165) is 31.0 Å². The van der Waals surface area contributed by atoms with Gasteiger partial charge in [0.2, 0.25) is 0 Å². The number of hydrogen-bond donors (Lipinski definition) is 1. The lowest BCUT2D eigenvalue weighted by Crippen LogP contribution is -2.19. The van der Waals surface area contributed by atoms with Gasteiger partial charge in [0.25, 0.3) is 0 Å². The summed E-state index contributed by atoms with van der Waals surface area (Å²) in [4.78, 5) is 2.01. The first-order valence-electron chi connectivity index (χ1n) is 5.69. The minimum atomic E-state index is 0.463. The van der Waals surface area contributed by atoms with Crippen LogP contribution in [0.4, 0.5) is 0 Å². The van der Waals surface area contributed by atoms with E-state index in [9.17, 15) is 0 Å². The van der Waals surface area contributed by atoms with Crippen LogP contribution >= 0.6 is 11.3 Å². The zero-order chi connectivity index (χ0) is 11.2. The van der Waals surface area contributed by atoms with E-state index in [1.165, 1.54) is 17.7 Å². The first-order valence-corrected chi connectivity index (χ1v) is 6.51. The molecule has 1 aliphatic heterocycles. The first kappa shape index (κ1) is 11.6. The van der Waals surface area contributed by atoms with Crippen molar-refractivity contribution >= 4 is 11.3 Å². The number of nitrogens with one attached hydrogen (secondary N) is 1. The number of thiophene rings is 1. The average molecular weight is 236 g/mol. The lowest BCUT2D eigenvalue weighted by Gasteiger charge is -2.09. The highest BCUT2D eigenvalue weighted by atomic mass is 32.1. The summed E-state index contributed by atoms with van der Waals surface area (Å²) in [6, 6.07) is 6.05. The number of ether oxygens (including phenoxy) is 1. The van der Waals surface area contributed by atoms with Gasteiger partial charge in [-0.25, -0.2) is 0 Å². The maximum Gasteiger partial charge on any atom is 0.110 e. The third-order valence-electron chi connectivity index (χ3n) is 2.74. The van der Waals surface area contributed by atoms with E-state index in [1.54, 1.807) is 11.3 Å². The second-order valence-electron chi connectivity index (χ2n) is 3.98. The zero-order valence-electron chi connectivity index (χ0n) is 9.24. The van der Waals surface area contributed by atoms with E-state index in [-0.39, 0.29) is 0 Å². The highest BCUT2D eigenvalue weighted by Gasteiger charge is 2.14. The van der Waals surface area contributed by atoms with Crippen LogP contribution in [0.3, 0.4) is 0 Å². The molecular formula is C12H16N2OS. The van der Waals surface area contributed by atoms with Gasteiger partial charge < -0.3 is 10.1 Å². The molecule has 1 aliphatic rings. The molecule has 0 spiro atoms. The molecule has 0 aliphatic carbocycles. The molecule has 1 fully saturated rings. The predicted octanol–water partition coefficient (Wildman–Crippen LogP) is 2.28. The zero-order valence-corrected chi connectivity index (χ0v) is 10.1. The van der Waals surface area contributed by atoms with E-state index in [0.29, 0.717) is 6.10 Å². The SMILES string of the molecule is N#Cc1ccc(CNCCC2CCCO2)s1. The molecule has 1 saturated heterocycles. The van der Waals surface area contributed by atoms with E-state index in [1.807, 2.05) is 12.1 Å². The van der Waals surface area contributed by atoms with Crippen LogP contribution in [0.2, 0.25) is 0 Å². The molecule has 1 aromatic rings. The number of nitrogens with zero attached hydrogens (tertiary/aromatic N) is 1. The summed E-state index contributed by atoms with van der Waals surface area (Å²) >= 11 is 1.56. The van der Waals surface area contributed by atoms with Gasteiger partial charge in [0.1, 0.15) is 10.9 Å². The summed E-state index contributed by atoms with van der Waals surface area (Å²) in [5.41, 5.74) is 0. The Kier molecular flexibility index (Phi) is 4.34. The largest absolute Gasteiger partial charge is 0.378 e. The standard InChI is InChI=1S/C12H16N2OS/c13-8-11-3-4-12(16-11)9-14-6-5-10-2-1-7-15-10/h3-4,10,14H,1-2,5-7,9H2. The normalized spacial score (nSPS) is 19.8. The van der Waals surface area contributed by atoms with Gasteiger partial charge in [0.05, 0.1) is 6.10 Å². The molecule has 2 rings (SSSR count). The molecule has 0 aromatic carbocycles. The Morgan fingerprint density at radius 1 is 1.56 bits per heavy atom. The van der Waals surface area contributed by atoms with E-state index in [2.05, 4.69) is 11.4 Å². The Morgan fingerprint density at radius 3 is 3.19 bits per heavy atom. The van der Waals surface area contributed by atoms with Crippen LogP contribution in [0.25, 0.3) is 0 Å². The quantitative estimate of drug-likeness (QED) is 0.798. The molecule has 2 heterocycles. The van der Waals surface area contributed by atoms with Crippen LogP contribution in [-0.4, -0.2) is 19.3 Å². The number of rotatable bonds is 5. The summed E-state index contributed by atoms with van der Waals surface area (Å²) < 4.78 is 5.55. The highest BCUT2D eigenvalue weighted by Crippen LogP contribution is 2.16. The Balaban J connectivity index is 1.62. The van der Waals surface area contributed by atoms with Crippen LogP contribution in [0.5, 0.6) is 0 Å². The molecule has 0 radical (unpaired) electrons. The molecule has 1 N–H and O–H groups in total. The lowest BCUT2D eigenvalue weighted by molar-refractivity contribution is 0.104. The highest BCUT2D eigenvalue weighted by molar-refractivity contribution is 7.12. The van der Waals surface area contributed by atoms with Crippen molar-refractivity contribution in [3.8, 4) is 6.07 Å². The van der Waals surface area contributed by atoms with Crippen molar-refractivity contribution in [2.45, 2.75) is 31.9 Å². The Hall–Kier alpha value is -0.890. The Bertz CT molecular complexity index is 363. The van der Waals surface area contributed by atoms with E-state index >= 15 is 0 Å². The molecule has 86 valence electrons. The van der Waals surface area contributed by atoms with Gasteiger partial charge >= 0.3 is 0 Å². The van der Waals surface area contributed by atoms with Crippen molar-refractivity contribution in [3.05, 3.63) is 21.9 Å². The van der Waals surface area contributed by atoms with Gasteiger partial charge in [-0.15, -0.1) is 11.3 Å². The lowest BCUT2D eigenvalue weighted by atomic mass is 10.2. The smallest absolute Gasteiger partial charge is 0.110 e. The van der Waals surface area contributed by atoms with Crippen molar-refractivity contribution in [1.29, 1.82) is 5.26 Å². The monoisotopic (exact) mass is 236 g/mol. The topological polar surface area (TPSA) is 45.0 Å². The summed E-state index contributed by atoms with van der Waals surface area (Å²) in [6.45, 7) is 2.78. The fourth-order valence-corrected chi connectivity index (χ4v) is 2.65. The molecular weight excluding hydrogens is 220 g/mol. The summed E-state index contributed by atoms with van der Waals surface area (Å²) in [5, 5.41) is 12.1. The van der Waals surface area contributed by atoms with Crippen LogP contribution in [0.1, 0.15) is 29.0 Å². The second-order valence-corrected chi connectivity index (χ2v) is 5.15. The van der Waals surface area contributed by atoms with Gasteiger partial charge in [0, 0.05) is 18.0 Å². The maximum absolute atomic E-state index is 8.69. The molecule has 4 heteroatoms. The average Bonchev–Trinajstić information content (AvgIpc) is 2.95. The predicted molar refractivity (Wildman–Crippen MR) is 64.3 cm³/mol. The molecule has 1 atom stereocenters. The minimum absolute atomic E-state index is 0.463. The fourth-order valence-electron chi connectivity index (χ4n) is 1.88. The molecule has 0 amide bonds. The van der Waals surface area contributed by atoms with Crippen molar-refractivity contribution in [2.24, 2.45) is 0 Å². The molecule has 0 saturated carbocycles. The Morgan fingerprint density at radius 2 is 2.50 bits per heavy atom. The molecule has 16 heavy (non-hydrogen) atoms. The van der Waals surface area contributed by atoms with E-state index in [4.69, 9.17) is 10.00 Å². The minimum Gasteiger partial charge on any atom is -0.378 e. The molecule has 0 bridgehead atoms. The van der Waals surface area contributed by atoms with Gasteiger partial charge in [-0.05, 0) is 37.9 Å². The second kappa shape index (κ2) is 6.00. The summed E-state index contributed by atoms with van der Waals surface area (Å²) in [7, 11) is 0. The van der Waals surface area contributed by atoms with Crippen molar-refractivity contribution in [3.63, 3.8) is 0 Å². The van der Waals surface area contributed by atoms with Gasteiger partial charge in [-0.2, -0.15) is 5.26 Å². The summed E-state index contributed by atoms with van der Waals surface area (Å²) in [5.74, 6) is 0. The first-order chi connectivity index (χ1) is 7.88. The van der Waals surface area contributed by atoms with E-state index < -0.39 is 0 Å². The van der Waals surface area contributed by atoms with Crippen LogP contribution in [0.15, 0.2) is 12.1 Å². The molecule has 3 nitrogen and oxygen atoms in total. The van der Waals surface area contributed by atoms with Crippen LogP contribution < -0.4 is 5.32 Å². The van der Waals surface area contributed by atoms with Crippen LogP contribution in [-0.2, 0) is 11.3 Å². The Labute approximate surface area is 100 Å². The van der Waals surface area contributed by atoms with Gasteiger partial charge in [0.15, 0.2) is 0 Å². The molecule has 1 unspecified atom stereocenters. The third kappa shape index (κ3) is 3.31.